The molecule has 2 rings (SSSR count). The lowest BCUT2D eigenvalue weighted by molar-refractivity contribution is -0.149. The van der Waals surface area contributed by atoms with E-state index in [1.165, 1.54) is 6.07 Å². The summed E-state index contributed by atoms with van der Waals surface area (Å²) in [6.07, 6.45) is -2.80. The zero-order valence-corrected chi connectivity index (χ0v) is 11.8. The Kier molecular flexibility index (Phi) is 4.73. The van der Waals surface area contributed by atoms with Gasteiger partial charge in [0.2, 0.25) is 0 Å². The second-order valence-corrected chi connectivity index (χ2v) is 4.93. The van der Waals surface area contributed by atoms with Crippen LogP contribution >= 0.6 is 0 Å². The lowest BCUT2D eigenvalue weighted by Crippen LogP contribution is -2.29. The van der Waals surface area contributed by atoms with Gasteiger partial charge in [-0.2, -0.15) is 13.2 Å². The van der Waals surface area contributed by atoms with Crippen molar-refractivity contribution in [1.29, 1.82) is 0 Å². The highest BCUT2D eigenvalue weighted by atomic mass is 19.4. The van der Waals surface area contributed by atoms with Crippen LogP contribution in [0.1, 0.15) is 31.4 Å². The van der Waals surface area contributed by atoms with Crippen LogP contribution in [-0.2, 0) is 0 Å². The van der Waals surface area contributed by atoms with Crippen LogP contribution in [0.2, 0.25) is 0 Å². The molecule has 0 aromatic heterocycles. The summed E-state index contributed by atoms with van der Waals surface area (Å²) in [4.78, 5) is 0. The fourth-order valence-corrected chi connectivity index (χ4v) is 2.16. The molecule has 0 fully saturated rings. The van der Waals surface area contributed by atoms with Crippen LogP contribution < -0.4 is 10.5 Å². The molecule has 0 heterocycles. The Balaban J connectivity index is 2.50. The van der Waals surface area contributed by atoms with Gasteiger partial charge in [-0.05, 0) is 11.8 Å². The van der Waals surface area contributed by atoms with Crippen LogP contribution in [0.4, 0.5) is 13.2 Å². The Morgan fingerprint density at radius 3 is 2.52 bits per heavy atom. The number of unbranched alkanes of at least 4 members (excludes halogenated alkanes) is 1. The lowest BCUT2D eigenvalue weighted by atomic mass is 10.00. The van der Waals surface area contributed by atoms with E-state index in [1.54, 1.807) is 18.2 Å². The van der Waals surface area contributed by atoms with Gasteiger partial charge in [-0.25, -0.2) is 0 Å². The molecule has 0 saturated heterocycles. The molecule has 0 aliphatic carbocycles. The van der Waals surface area contributed by atoms with Gasteiger partial charge in [0.1, 0.15) is 11.8 Å². The van der Waals surface area contributed by atoms with Gasteiger partial charge in [-0.3, -0.25) is 0 Å². The van der Waals surface area contributed by atoms with E-state index in [0.29, 0.717) is 12.0 Å². The van der Waals surface area contributed by atoms with Gasteiger partial charge in [0.15, 0.2) is 0 Å². The molecule has 0 saturated carbocycles. The molecule has 2 aromatic rings. The molecular weight excluding hydrogens is 279 g/mol. The lowest BCUT2D eigenvalue weighted by Gasteiger charge is -2.21. The third-order valence-electron chi connectivity index (χ3n) is 3.34. The van der Waals surface area contributed by atoms with Gasteiger partial charge >= 0.3 is 6.18 Å². The Labute approximate surface area is 121 Å². The summed E-state index contributed by atoms with van der Waals surface area (Å²) >= 11 is 0. The van der Waals surface area contributed by atoms with E-state index in [0.717, 1.165) is 18.2 Å². The molecule has 0 bridgehead atoms. The zero-order valence-electron chi connectivity index (χ0n) is 11.8. The van der Waals surface area contributed by atoms with Crippen molar-refractivity contribution in [3.05, 3.63) is 42.0 Å². The van der Waals surface area contributed by atoms with E-state index in [9.17, 15) is 13.2 Å². The van der Waals surface area contributed by atoms with Crippen LogP contribution in [0.5, 0.6) is 5.75 Å². The molecule has 0 spiro atoms. The topological polar surface area (TPSA) is 35.2 Å². The van der Waals surface area contributed by atoms with E-state index in [1.807, 2.05) is 19.1 Å². The Morgan fingerprint density at radius 2 is 1.86 bits per heavy atom. The second-order valence-electron chi connectivity index (χ2n) is 4.93. The van der Waals surface area contributed by atoms with Crippen molar-refractivity contribution in [3.63, 3.8) is 0 Å². The molecule has 21 heavy (non-hydrogen) atoms. The fourth-order valence-electron chi connectivity index (χ4n) is 2.16. The number of ether oxygens (including phenoxy) is 1. The number of hydrogen-bond acceptors (Lipinski definition) is 2. The van der Waals surface area contributed by atoms with Gasteiger partial charge in [-0.15, -0.1) is 0 Å². The smallest absolute Gasteiger partial charge is 0.407 e. The van der Waals surface area contributed by atoms with E-state index in [2.05, 4.69) is 0 Å². The quantitative estimate of drug-likeness (QED) is 0.820. The highest BCUT2D eigenvalue weighted by molar-refractivity contribution is 5.89. The van der Waals surface area contributed by atoms with Crippen molar-refractivity contribution < 1.29 is 17.9 Å². The van der Waals surface area contributed by atoms with Crippen molar-refractivity contribution in [1.82, 2.24) is 0 Å². The molecule has 1 atom stereocenters. The molecule has 0 amide bonds. The summed E-state index contributed by atoms with van der Waals surface area (Å²) in [6.45, 7) is 2.37. The maximum absolute atomic E-state index is 12.9. The SMILES string of the molecule is CCCCOc1c([C@H](N)C(F)(F)F)ccc2ccccc12. The van der Waals surface area contributed by atoms with Crippen LogP contribution in [-0.4, -0.2) is 12.8 Å². The Bertz CT molecular complexity index is 610. The van der Waals surface area contributed by atoms with Gasteiger partial charge < -0.3 is 10.5 Å². The number of alkyl halides is 3. The first-order valence-corrected chi connectivity index (χ1v) is 6.92. The third kappa shape index (κ3) is 3.47. The molecular formula is C16H18F3NO. The van der Waals surface area contributed by atoms with Gasteiger partial charge in [-0.1, -0.05) is 49.7 Å². The number of halogens is 3. The number of benzene rings is 2. The maximum Gasteiger partial charge on any atom is 0.407 e. The van der Waals surface area contributed by atoms with Crippen molar-refractivity contribution >= 4 is 10.8 Å². The predicted octanol–water partition coefficient (Wildman–Crippen LogP) is 4.58. The monoisotopic (exact) mass is 297 g/mol. The fraction of sp³-hybridized carbons (Fsp3) is 0.375. The Morgan fingerprint density at radius 1 is 1.14 bits per heavy atom. The number of nitrogens with two attached hydrogens (primary N) is 1. The van der Waals surface area contributed by atoms with Gasteiger partial charge in [0.05, 0.1) is 6.61 Å². The molecule has 0 unspecified atom stereocenters. The minimum Gasteiger partial charge on any atom is -0.493 e. The van der Waals surface area contributed by atoms with E-state index < -0.39 is 12.2 Å². The summed E-state index contributed by atoms with van der Waals surface area (Å²) in [5, 5.41) is 1.49. The van der Waals surface area contributed by atoms with Gasteiger partial charge in [0.25, 0.3) is 0 Å². The highest BCUT2D eigenvalue weighted by Gasteiger charge is 2.39. The van der Waals surface area contributed by atoms with Crippen LogP contribution in [0.3, 0.4) is 0 Å². The first-order valence-electron chi connectivity index (χ1n) is 6.92. The molecule has 0 aliphatic heterocycles. The van der Waals surface area contributed by atoms with E-state index in [4.69, 9.17) is 10.5 Å². The summed E-state index contributed by atoms with van der Waals surface area (Å²) in [7, 11) is 0. The molecule has 2 aromatic carbocycles. The Hall–Kier alpha value is -1.75. The largest absolute Gasteiger partial charge is 0.493 e. The summed E-state index contributed by atoms with van der Waals surface area (Å²) < 4.78 is 44.4. The minimum atomic E-state index is -4.49. The summed E-state index contributed by atoms with van der Waals surface area (Å²) in [5.74, 6) is 0.242. The summed E-state index contributed by atoms with van der Waals surface area (Å²) in [6, 6.07) is 8.21. The van der Waals surface area contributed by atoms with Crippen molar-refractivity contribution in [2.45, 2.75) is 32.0 Å². The first-order chi connectivity index (χ1) is 9.95. The second kappa shape index (κ2) is 6.35. The number of fused-ring (bicyclic) bond motifs is 1. The average Bonchev–Trinajstić information content (AvgIpc) is 2.46. The zero-order chi connectivity index (χ0) is 15.5. The standard InChI is InChI=1S/C16H18F3NO/c1-2-3-10-21-14-12-7-5-4-6-11(12)8-9-13(14)15(20)16(17,18)19/h4-9,15H,2-3,10,20H2,1H3/t15-/m0/s1. The molecule has 0 aliphatic rings. The van der Waals surface area contributed by atoms with Gasteiger partial charge in [0, 0.05) is 10.9 Å². The highest BCUT2D eigenvalue weighted by Crippen LogP contribution is 2.39. The molecule has 5 heteroatoms. The number of hydrogen-bond donors (Lipinski definition) is 1. The summed E-state index contributed by atoms with van der Waals surface area (Å²) in [5.41, 5.74) is 5.35. The predicted molar refractivity (Wildman–Crippen MR) is 77.3 cm³/mol. The molecule has 0 radical (unpaired) electrons. The molecule has 114 valence electrons. The van der Waals surface area contributed by atoms with Crippen molar-refractivity contribution in [3.8, 4) is 5.75 Å². The van der Waals surface area contributed by atoms with Crippen molar-refractivity contribution in [2.75, 3.05) is 6.61 Å². The minimum absolute atomic E-state index is 0.0164. The van der Waals surface area contributed by atoms with Crippen LogP contribution in [0.25, 0.3) is 10.8 Å². The van der Waals surface area contributed by atoms with E-state index >= 15 is 0 Å². The normalized spacial score (nSPS) is 13.4. The molecule has 2 nitrogen and oxygen atoms in total. The average molecular weight is 297 g/mol. The van der Waals surface area contributed by atoms with Crippen LogP contribution in [0.15, 0.2) is 36.4 Å². The van der Waals surface area contributed by atoms with Crippen molar-refractivity contribution in [2.24, 2.45) is 5.73 Å². The first kappa shape index (κ1) is 15.6. The molecule has 2 N–H and O–H groups in total. The van der Waals surface area contributed by atoms with E-state index in [-0.39, 0.29) is 11.3 Å². The number of rotatable bonds is 5. The maximum atomic E-state index is 12.9. The third-order valence-corrected chi connectivity index (χ3v) is 3.34. The van der Waals surface area contributed by atoms with Crippen LogP contribution in [0, 0.1) is 0 Å².